The highest BCUT2D eigenvalue weighted by molar-refractivity contribution is 9.10. The van der Waals surface area contributed by atoms with Crippen molar-refractivity contribution in [2.45, 2.75) is 6.92 Å². The quantitative estimate of drug-likeness (QED) is 0.454. The Morgan fingerprint density at radius 1 is 1.33 bits per heavy atom. The fourth-order valence-electron chi connectivity index (χ4n) is 2.34. The lowest BCUT2D eigenvalue weighted by Gasteiger charge is -2.10. The zero-order valence-corrected chi connectivity index (χ0v) is 17.2. The molecule has 1 saturated heterocycles. The second kappa shape index (κ2) is 8.33. The first-order valence-corrected chi connectivity index (χ1v) is 9.84. The maximum absolute atomic E-state index is 12.4. The molecule has 6 nitrogen and oxygen atoms in total. The molecule has 1 aromatic heterocycles. The lowest BCUT2D eigenvalue weighted by Crippen LogP contribution is -2.34. The summed E-state index contributed by atoms with van der Waals surface area (Å²) in [6.45, 7) is 1.43. The highest BCUT2D eigenvalue weighted by atomic mass is 79.9. The molecule has 1 aromatic carbocycles. The molecular formula is C18H13BrClNO5S. The molecule has 1 aliphatic heterocycles. The van der Waals surface area contributed by atoms with Crippen LogP contribution in [0.25, 0.3) is 17.4 Å². The summed E-state index contributed by atoms with van der Waals surface area (Å²) in [4.78, 5) is 36.9. The Bertz CT molecular complexity index is 955. The van der Waals surface area contributed by atoms with E-state index in [1.807, 2.05) is 6.07 Å². The van der Waals surface area contributed by atoms with E-state index in [4.69, 9.17) is 20.8 Å². The van der Waals surface area contributed by atoms with Crippen LogP contribution >= 0.6 is 39.3 Å². The van der Waals surface area contributed by atoms with Gasteiger partial charge < -0.3 is 9.15 Å². The molecule has 0 N–H and O–H groups in total. The Hall–Kier alpha value is -2.03. The normalized spacial score (nSPS) is 15.7. The molecule has 1 aliphatic rings. The van der Waals surface area contributed by atoms with Crippen LogP contribution in [0, 0.1) is 0 Å². The number of hydrogen-bond donors (Lipinski definition) is 0. The van der Waals surface area contributed by atoms with Crippen molar-refractivity contribution >= 4 is 62.5 Å². The van der Waals surface area contributed by atoms with Gasteiger partial charge in [-0.3, -0.25) is 19.3 Å². The summed E-state index contributed by atoms with van der Waals surface area (Å²) in [5, 5.41) is 0.0244. The number of furan rings is 1. The summed E-state index contributed by atoms with van der Waals surface area (Å²) in [5.74, 6) is -0.205. The van der Waals surface area contributed by atoms with Crippen LogP contribution in [0.1, 0.15) is 12.7 Å². The average molecular weight is 471 g/mol. The number of imide groups is 1. The third-order valence-corrected chi connectivity index (χ3v) is 5.71. The molecule has 0 radical (unpaired) electrons. The summed E-state index contributed by atoms with van der Waals surface area (Å²) in [7, 11) is 0. The predicted octanol–water partition coefficient (Wildman–Crippen LogP) is 4.96. The maximum atomic E-state index is 12.4. The monoisotopic (exact) mass is 469 g/mol. The fourth-order valence-corrected chi connectivity index (χ4v) is 3.58. The molecule has 9 heteroatoms. The van der Waals surface area contributed by atoms with Crippen LogP contribution in [0.15, 0.2) is 44.1 Å². The number of carbonyl (C=O) groups excluding carboxylic acids is 3. The summed E-state index contributed by atoms with van der Waals surface area (Å²) in [6.07, 6.45) is 1.47. The molecule has 0 atom stereocenters. The number of nitrogens with zero attached hydrogens (tertiary/aromatic N) is 1. The first kappa shape index (κ1) is 19.7. The Morgan fingerprint density at radius 3 is 2.81 bits per heavy atom. The van der Waals surface area contributed by atoms with E-state index in [0.717, 1.165) is 26.7 Å². The molecule has 3 rings (SSSR count). The number of carbonyl (C=O) groups is 3. The number of halogens is 2. The number of esters is 1. The molecule has 27 heavy (non-hydrogen) atoms. The molecule has 0 aliphatic carbocycles. The molecule has 0 bridgehead atoms. The van der Waals surface area contributed by atoms with Crippen LogP contribution in [0.2, 0.25) is 5.02 Å². The van der Waals surface area contributed by atoms with Crippen molar-refractivity contribution in [3.05, 3.63) is 50.5 Å². The number of rotatable bonds is 5. The largest absolute Gasteiger partial charge is 0.465 e. The van der Waals surface area contributed by atoms with Crippen LogP contribution in [-0.4, -0.2) is 35.2 Å². The molecule has 2 amide bonds. The Balaban J connectivity index is 1.78. The van der Waals surface area contributed by atoms with E-state index >= 15 is 0 Å². The lowest BCUT2D eigenvalue weighted by atomic mass is 10.2. The van der Waals surface area contributed by atoms with Crippen LogP contribution in [0.4, 0.5) is 4.79 Å². The van der Waals surface area contributed by atoms with E-state index < -0.39 is 23.7 Å². The van der Waals surface area contributed by atoms with E-state index in [9.17, 15) is 14.4 Å². The van der Waals surface area contributed by atoms with Crippen molar-refractivity contribution in [2.24, 2.45) is 0 Å². The van der Waals surface area contributed by atoms with Gasteiger partial charge in [0.15, 0.2) is 0 Å². The fraction of sp³-hybridized carbons (Fsp3) is 0.167. The first-order valence-electron chi connectivity index (χ1n) is 7.85. The van der Waals surface area contributed by atoms with E-state index in [1.165, 1.54) is 6.08 Å². The predicted molar refractivity (Wildman–Crippen MR) is 106 cm³/mol. The molecular weight excluding hydrogens is 458 g/mol. The summed E-state index contributed by atoms with van der Waals surface area (Å²) in [6, 6.07) is 8.83. The molecule has 2 aromatic rings. The van der Waals surface area contributed by atoms with E-state index in [2.05, 4.69) is 15.9 Å². The number of amides is 2. The van der Waals surface area contributed by atoms with Gasteiger partial charge in [0.1, 0.15) is 18.1 Å². The van der Waals surface area contributed by atoms with Gasteiger partial charge >= 0.3 is 5.97 Å². The van der Waals surface area contributed by atoms with Crippen molar-refractivity contribution in [3.63, 3.8) is 0 Å². The van der Waals surface area contributed by atoms with Crippen molar-refractivity contribution in [1.29, 1.82) is 0 Å². The Labute approximate surface area is 172 Å². The Kier molecular flexibility index (Phi) is 6.08. The summed E-state index contributed by atoms with van der Waals surface area (Å²) in [5.41, 5.74) is 0.776. The van der Waals surface area contributed by atoms with E-state index in [-0.39, 0.29) is 11.5 Å². The molecule has 0 spiro atoms. The lowest BCUT2D eigenvalue weighted by molar-refractivity contribution is -0.145. The minimum absolute atomic E-state index is 0.180. The van der Waals surface area contributed by atoms with Crippen LogP contribution in [0.5, 0.6) is 0 Å². The number of thioether (sulfide) groups is 1. The molecule has 0 saturated carbocycles. The van der Waals surface area contributed by atoms with Gasteiger partial charge in [-0.2, -0.15) is 0 Å². The van der Waals surface area contributed by atoms with Gasteiger partial charge in [-0.25, -0.2) is 0 Å². The SMILES string of the molecule is CCOC(=O)CN1C(=O)SC(=Cc2ccc(-c3ccc(Br)c(Cl)c3)o2)C1=O. The zero-order valence-electron chi connectivity index (χ0n) is 14.0. The van der Waals surface area contributed by atoms with Gasteiger partial charge in [0.2, 0.25) is 0 Å². The summed E-state index contributed by atoms with van der Waals surface area (Å²) >= 11 is 10.2. The third kappa shape index (κ3) is 4.45. The van der Waals surface area contributed by atoms with Gasteiger partial charge in [-0.1, -0.05) is 17.7 Å². The molecule has 2 heterocycles. The number of hydrogen-bond acceptors (Lipinski definition) is 6. The third-order valence-electron chi connectivity index (χ3n) is 3.57. The van der Waals surface area contributed by atoms with Crippen molar-refractivity contribution in [1.82, 2.24) is 4.90 Å². The van der Waals surface area contributed by atoms with Gasteiger partial charge in [0.25, 0.3) is 11.1 Å². The van der Waals surface area contributed by atoms with Crippen LogP contribution in [-0.2, 0) is 14.3 Å². The second-order valence-corrected chi connectivity index (χ2v) is 7.66. The van der Waals surface area contributed by atoms with Crippen LogP contribution < -0.4 is 0 Å². The highest BCUT2D eigenvalue weighted by Crippen LogP contribution is 2.34. The van der Waals surface area contributed by atoms with Gasteiger partial charge in [-0.05, 0) is 58.9 Å². The van der Waals surface area contributed by atoms with Crippen molar-refractivity contribution < 1.29 is 23.5 Å². The number of benzene rings is 1. The zero-order chi connectivity index (χ0) is 19.6. The maximum Gasteiger partial charge on any atom is 0.326 e. The first-order chi connectivity index (χ1) is 12.9. The standard InChI is InChI=1S/C18H13BrClNO5S/c1-2-25-16(22)9-21-17(23)15(27-18(21)24)8-11-4-6-14(26-11)10-3-5-12(19)13(20)7-10/h3-8H,2,9H2,1H3. The number of ether oxygens (including phenoxy) is 1. The average Bonchev–Trinajstić information content (AvgIpc) is 3.18. The van der Waals surface area contributed by atoms with Crippen LogP contribution in [0.3, 0.4) is 0 Å². The van der Waals surface area contributed by atoms with Gasteiger partial charge in [0.05, 0.1) is 16.5 Å². The smallest absolute Gasteiger partial charge is 0.326 e. The summed E-state index contributed by atoms with van der Waals surface area (Å²) < 4.78 is 11.3. The van der Waals surface area contributed by atoms with E-state index in [1.54, 1.807) is 31.2 Å². The van der Waals surface area contributed by atoms with Crippen molar-refractivity contribution in [2.75, 3.05) is 13.2 Å². The minimum atomic E-state index is -0.631. The van der Waals surface area contributed by atoms with Gasteiger partial charge in [0, 0.05) is 16.1 Å². The molecule has 140 valence electrons. The molecule has 0 unspecified atom stereocenters. The Morgan fingerprint density at radius 2 is 2.11 bits per heavy atom. The highest BCUT2D eigenvalue weighted by Gasteiger charge is 2.36. The molecule has 1 fully saturated rings. The second-order valence-electron chi connectivity index (χ2n) is 5.40. The van der Waals surface area contributed by atoms with Gasteiger partial charge in [-0.15, -0.1) is 0 Å². The topological polar surface area (TPSA) is 76.8 Å². The minimum Gasteiger partial charge on any atom is -0.465 e. The van der Waals surface area contributed by atoms with Crippen molar-refractivity contribution in [3.8, 4) is 11.3 Å². The van der Waals surface area contributed by atoms with E-state index in [0.29, 0.717) is 16.5 Å².